The standard InChI is InChI=1S/C12H10BrF4NO2/c13-7-1-2-8(9(5-7)20-11(14)15)10(19)18-4-3-12(16,17)6-18/h1-2,5,11H,3-4,6H2. The van der Waals surface area contributed by atoms with E-state index in [1.165, 1.54) is 18.2 Å². The molecule has 0 atom stereocenters. The van der Waals surface area contributed by atoms with Gasteiger partial charge in [0.05, 0.1) is 12.1 Å². The number of amides is 1. The zero-order valence-corrected chi connectivity index (χ0v) is 11.7. The Hall–Kier alpha value is -1.31. The Morgan fingerprint density at radius 2 is 2.10 bits per heavy atom. The van der Waals surface area contributed by atoms with Gasteiger partial charge in [-0.2, -0.15) is 8.78 Å². The van der Waals surface area contributed by atoms with Gasteiger partial charge in [-0.1, -0.05) is 15.9 Å². The smallest absolute Gasteiger partial charge is 0.387 e. The fourth-order valence-corrected chi connectivity index (χ4v) is 2.29. The number of ether oxygens (including phenoxy) is 1. The molecule has 1 amide bonds. The quantitative estimate of drug-likeness (QED) is 0.776. The van der Waals surface area contributed by atoms with Crippen LogP contribution in [0.25, 0.3) is 0 Å². The van der Waals surface area contributed by atoms with Gasteiger partial charge in [0.1, 0.15) is 5.75 Å². The van der Waals surface area contributed by atoms with E-state index in [9.17, 15) is 22.4 Å². The molecular formula is C12H10BrF4NO2. The summed E-state index contributed by atoms with van der Waals surface area (Å²) >= 11 is 3.07. The number of likely N-dealkylation sites (tertiary alicyclic amines) is 1. The highest BCUT2D eigenvalue weighted by atomic mass is 79.9. The zero-order chi connectivity index (χ0) is 14.9. The van der Waals surface area contributed by atoms with Crippen molar-refractivity contribution in [1.29, 1.82) is 0 Å². The fraction of sp³-hybridized carbons (Fsp3) is 0.417. The first-order chi connectivity index (χ1) is 9.28. The van der Waals surface area contributed by atoms with Crippen molar-refractivity contribution in [2.75, 3.05) is 13.1 Å². The lowest BCUT2D eigenvalue weighted by molar-refractivity contribution is -0.0503. The Labute approximate surface area is 120 Å². The summed E-state index contributed by atoms with van der Waals surface area (Å²) in [7, 11) is 0. The molecule has 8 heteroatoms. The summed E-state index contributed by atoms with van der Waals surface area (Å²) in [6.07, 6.45) is -0.430. The summed E-state index contributed by atoms with van der Waals surface area (Å²) in [4.78, 5) is 13.0. The van der Waals surface area contributed by atoms with Crippen LogP contribution in [0.1, 0.15) is 16.8 Å². The molecule has 0 radical (unpaired) electrons. The molecule has 1 aromatic carbocycles. The van der Waals surface area contributed by atoms with Gasteiger partial charge in [-0.3, -0.25) is 4.79 Å². The number of halogens is 5. The van der Waals surface area contributed by atoms with E-state index in [1.54, 1.807) is 0 Å². The van der Waals surface area contributed by atoms with Gasteiger partial charge in [0.2, 0.25) is 0 Å². The van der Waals surface area contributed by atoms with E-state index in [0.29, 0.717) is 4.47 Å². The van der Waals surface area contributed by atoms with Gasteiger partial charge in [0.25, 0.3) is 11.8 Å². The van der Waals surface area contributed by atoms with Crippen molar-refractivity contribution >= 4 is 21.8 Å². The third-order valence-corrected chi connectivity index (χ3v) is 3.34. The van der Waals surface area contributed by atoms with Gasteiger partial charge in [-0.05, 0) is 18.2 Å². The molecule has 1 aliphatic heterocycles. The van der Waals surface area contributed by atoms with Gasteiger partial charge >= 0.3 is 6.61 Å². The molecule has 0 spiro atoms. The molecule has 0 aliphatic carbocycles. The average molecular weight is 356 g/mol. The summed E-state index contributed by atoms with van der Waals surface area (Å²) < 4.78 is 55.5. The number of nitrogens with zero attached hydrogens (tertiary/aromatic N) is 1. The van der Waals surface area contributed by atoms with Crippen LogP contribution in [-0.2, 0) is 0 Å². The van der Waals surface area contributed by atoms with Crippen molar-refractivity contribution in [2.24, 2.45) is 0 Å². The molecule has 110 valence electrons. The Balaban J connectivity index is 2.25. The maximum Gasteiger partial charge on any atom is 0.387 e. The van der Waals surface area contributed by atoms with E-state index in [-0.39, 0.29) is 17.9 Å². The topological polar surface area (TPSA) is 29.5 Å². The van der Waals surface area contributed by atoms with Gasteiger partial charge in [-0.25, -0.2) is 8.78 Å². The second-order valence-electron chi connectivity index (χ2n) is 4.35. The molecule has 20 heavy (non-hydrogen) atoms. The highest BCUT2D eigenvalue weighted by molar-refractivity contribution is 9.10. The molecule has 1 saturated heterocycles. The van der Waals surface area contributed by atoms with Crippen molar-refractivity contribution in [3.8, 4) is 5.75 Å². The first-order valence-corrected chi connectivity index (χ1v) is 6.49. The SMILES string of the molecule is O=C(c1ccc(Br)cc1OC(F)F)N1CCC(F)(F)C1. The molecular weight excluding hydrogens is 346 g/mol. The van der Waals surface area contributed by atoms with E-state index in [2.05, 4.69) is 20.7 Å². The van der Waals surface area contributed by atoms with Crippen LogP contribution in [0.3, 0.4) is 0 Å². The summed E-state index contributed by atoms with van der Waals surface area (Å²) in [6.45, 7) is -3.93. The molecule has 2 rings (SSSR count). The monoisotopic (exact) mass is 355 g/mol. The fourth-order valence-electron chi connectivity index (χ4n) is 1.95. The van der Waals surface area contributed by atoms with Crippen molar-refractivity contribution < 1.29 is 27.1 Å². The average Bonchev–Trinajstić information content (AvgIpc) is 2.68. The highest BCUT2D eigenvalue weighted by Crippen LogP contribution is 2.31. The number of hydrogen-bond donors (Lipinski definition) is 0. The predicted molar refractivity (Wildman–Crippen MR) is 66.2 cm³/mol. The third kappa shape index (κ3) is 3.41. The van der Waals surface area contributed by atoms with Crippen LogP contribution in [0.2, 0.25) is 0 Å². The van der Waals surface area contributed by atoms with Crippen LogP contribution in [0.15, 0.2) is 22.7 Å². The van der Waals surface area contributed by atoms with E-state index >= 15 is 0 Å². The number of rotatable bonds is 3. The summed E-state index contributed by atoms with van der Waals surface area (Å²) in [6, 6.07) is 3.92. The van der Waals surface area contributed by atoms with Crippen LogP contribution in [-0.4, -0.2) is 36.4 Å². The van der Waals surface area contributed by atoms with Gasteiger partial charge in [-0.15, -0.1) is 0 Å². The first-order valence-electron chi connectivity index (χ1n) is 5.70. The molecule has 0 N–H and O–H groups in total. The molecule has 3 nitrogen and oxygen atoms in total. The molecule has 0 bridgehead atoms. The lowest BCUT2D eigenvalue weighted by Gasteiger charge is -2.18. The molecule has 1 heterocycles. The number of benzene rings is 1. The predicted octanol–water partition coefficient (Wildman–Crippen LogP) is 3.53. The molecule has 1 aromatic rings. The Morgan fingerprint density at radius 3 is 2.65 bits per heavy atom. The minimum Gasteiger partial charge on any atom is -0.434 e. The number of alkyl halides is 4. The number of carbonyl (C=O) groups is 1. The van der Waals surface area contributed by atoms with Crippen LogP contribution in [0.5, 0.6) is 5.75 Å². The number of carbonyl (C=O) groups excluding carboxylic acids is 1. The summed E-state index contributed by atoms with van der Waals surface area (Å²) in [5.41, 5.74) is -0.161. The van der Waals surface area contributed by atoms with E-state index in [4.69, 9.17) is 0 Å². The van der Waals surface area contributed by atoms with Crippen LogP contribution < -0.4 is 4.74 Å². The van der Waals surface area contributed by atoms with Gasteiger partial charge in [0, 0.05) is 17.4 Å². The Morgan fingerprint density at radius 1 is 1.40 bits per heavy atom. The Bertz CT molecular complexity index is 524. The molecule has 0 unspecified atom stereocenters. The second-order valence-corrected chi connectivity index (χ2v) is 5.27. The maximum atomic E-state index is 13.1. The summed E-state index contributed by atoms with van der Waals surface area (Å²) in [5, 5.41) is 0. The zero-order valence-electron chi connectivity index (χ0n) is 10.1. The van der Waals surface area contributed by atoms with Crippen molar-refractivity contribution in [1.82, 2.24) is 4.90 Å². The lowest BCUT2D eigenvalue weighted by atomic mass is 10.2. The minimum absolute atomic E-state index is 0.115. The van der Waals surface area contributed by atoms with Crippen molar-refractivity contribution in [2.45, 2.75) is 19.0 Å². The van der Waals surface area contributed by atoms with Crippen LogP contribution in [0.4, 0.5) is 17.6 Å². The van der Waals surface area contributed by atoms with E-state index < -0.39 is 31.4 Å². The largest absolute Gasteiger partial charge is 0.434 e. The molecule has 1 aliphatic rings. The van der Waals surface area contributed by atoms with Crippen molar-refractivity contribution in [3.63, 3.8) is 0 Å². The number of hydrogen-bond acceptors (Lipinski definition) is 2. The normalized spacial score (nSPS) is 17.6. The second kappa shape index (κ2) is 5.59. The summed E-state index contributed by atoms with van der Waals surface area (Å²) in [5.74, 6) is -4.02. The van der Waals surface area contributed by atoms with Gasteiger partial charge in [0.15, 0.2) is 0 Å². The van der Waals surface area contributed by atoms with Crippen LogP contribution in [0, 0.1) is 0 Å². The highest BCUT2D eigenvalue weighted by Gasteiger charge is 2.41. The van der Waals surface area contributed by atoms with E-state index in [0.717, 1.165) is 4.90 Å². The Kier molecular flexibility index (Phi) is 4.22. The molecule has 1 fully saturated rings. The molecule has 0 aromatic heterocycles. The maximum absolute atomic E-state index is 13.1. The van der Waals surface area contributed by atoms with Crippen molar-refractivity contribution in [3.05, 3.63) is 28.2 Å². The van der Waals surface area contributed by atoms with E-state index in [1.807, 2.05) is 0 Å². The van der Waals surface area contributed by atoms with Crippen LogP contribution >= 0.6 is 15.9 Å². The minimum atomic E-state index is -3.10. The third-order valence-electron chi connectivity index (χ3n) is 2.85. The lowest BCUT2D eigenvalue weighted by Crippen LogP contribution is -2.31. The van der Waals surface area contributed by atoms with Gasteiger partial charge < -0.3 is 9.64 Å². The molecule has 0 saturated carbocycles. The first kappa shape index (κ1) is 15.1.